The SMILES string of the molecule is O=C(O)c1cc2ccc(-c3ccc(O)c(C45CC6CC(CC(C6)C4)C5)c3)cc2[nH]1. The van der Waals surface area contributed by atoms with E-state index in [4.69, 9.17) is 0 Å². The molecule has 0 unspecified atom stereocenters. The van der Waals surface area contributed by atoms with Gasteiger partial charge in [-0.3, -0.25) is 0 Å². The molecule has 4 saturated carbocycles. The van der Waals surface area contributed by atoms with E-state index in [1.807, 2.05) is 30.3 Å². The van der Waals surface area contributed by atoms with Crippen molar-refractivity contribution >= 4 is 16.9 Å². The van der Waals surface area contributed by atoms with Crippen LogP contribution >= 0.6 is 0 Å². The number of phenols is 1. The van der Waals surface area contributed by atoms with Crippen molar-refractivity contribution in [1.82, 2.24) is 4.98 Å². The Morgan fingerprint density at radius 3 is 2.17 bits per heavy atom. The monoisotopic (exact) mass is 387 g/mol. The summed E-state index contributed by atoms with van der Waals surface area (Å²) in [5.41, 5.74) is 4.43. The Balaban J connectivity index is 1.43. The molecular formula is C25H25NO3. The fraction of sp³-hybridized carbons (Fsp3) is 0.400. The van der Waals surface area contributed by atoms with E-state index in [9.17, 15) is 15.0 Å². The van der Waals surface area contributed by atoms with E-state index in [0.717, 1.165) is 45.3 Å². The number of aromatic nitrogens is 1. The van der Waals surface area contributed by atoms with Crippen LogP contribution in [-0.2, 0) is 5.41 Å². The highest BCUT2D eigenvalue weighted by Gasteiger charge is 2.52. The van der Waals surface area contributed by atoms with Gasteiger partial charge in [0.25, 0.3) is 0 Å². The number of H-pyrrole nitrogens is 1. The molecule has 1 heterocycles. The van der Waals surface area contributed by atoms with Gasteiger partial charge in [-0.25, -0.2) is 4.79 Å². The van der Waals surface area contributed by atoms with E-state index in [-0.39, 0.29) is 11.1 Å². The van der Waals surface area contributed by atoms with Crippen molar-refractivity contribution in [1.29, 1.82) is 0 Å². The topological polar surface area (TPSA) is 73.3 Å². The number of rotatable bonds is 3. The number of carboxylic acids is 1. The molecule has 29 heavy (non-hydrogen) atoms. The largest absolute Gasteiger partial charge is 0.508 e. The van der Waals surface area contributed by atoms with Gasteiger partial charge in [-0.15, -0.1) is 0 Å². The number of carbonyl (C=O) groups is 1. The Hall–Kier alpha value is -2.75. The fourth-order valence-corrected chi connectivity index (χ4v) is 7.00. The highest BCUT2D eigenvalue weighted by atomic mass is 16.4. The van der Waals surface area contributed by atoms with Crippen LogP contribution in [0.1, 0.15) is 54.6 Å². The maximum Gasteiger partial charge on any atom is 0.352 e. The minimum Gasteiger partial charge on any atom is -0.508 e. The Bertz CT molecular complexity index is 1110. The van der Waals surface area contributed by atoms with E-state index in [2.05, 4.69) is 11.1 Å². The van der Waals surface area contributed by atoms with Crippen molar-refractivity contribution in [2.75, 3.05) is 0 Å². The summed E-state index contributed by atoms with van der Waals surface area (Å²) in [5, 5.41) is 20.9. The Morgan fingerprint density at radius 1 is 0.897 bits per heavy atom. The first-order valence-corrected chi connectivity index (χ1v) is 10.7. The van der Waals surface area contributed by atoms with Crippen LogP contribution in [-0.4, -0.2) is 21.2 Å². The quantitative estimate of drug-likeness (QED) is 0.539. The first-order valence-electron chi connectivity index (χ1n) is 10.7. The normalized spacial score (nSPS) is 30.1. The highest BCUT2D eigenvalue weighted by Crippen LogP contribution is 2.62. The summed E-state index contributed by atoms with van der Waals surface area (Å²) < 4.78 is 0. The Labute approximate surface area is 169 Å². The maximum atomic E-state index is 11.3. The van der Waals surface area contributed by atoms with Gasteiger partial charge in [0.15, 0.2) is 0 Å². The number of nitrogens with one attached hydrogen (secondary N) is 1. The molecule has 0 radical (unpaired) electrons. The van der Waals surface area contributed by atoms with Gasteiger partial charge in [0.2, 0.25) is 0 Å². The molecule has 0 amide bonds. The number of phenolic OH excluding ortho intramolecular Hbond substituents is 1. The average molecular weight is 387 g/mol. The van der Waals surface area contributed by atoms with Gasteiger partial charge in [-0.2, -0.15) is 0 Å². The summed E-state index contributed by atoms with van der Waals surface area (Å²) >= 11 is 0. The number of aromatic carboxylic acids is 1. The van der Waals surface area contributed by atoms with E-state index in [1.54, 1.807) is 6.07 Å². The summed E-state index contributed by atoms with van der Waals surface area (Å²) in [6, 6.07) is 13.7. The summed E-state index contributed by atoms with van der Waals surface area (Å²) in [7, 11) is 0. The molecule has 4 aliphatic carbocycles. The van der Waals surface area contributed by atoms with Crippen LogP contribution in [0.2, 0.25) is 0 Å². The van der Waals surface area contributed by atoms with Gasteiger partial charge >= 0.3 is 5.97 Å². The molecule has 4 aliphatic rings. The molecule has 0 atom stereocenters. The predicted molar refractivity (Wildman–Crippen MR) is 112 cm³/mol. The van der Waals surface area contributed by atoms with Gasteiger partial charge in [0.05, 0.1) is 0 Å². The van der Waals surface area contributed by atoms with E-state index >= 15 is 0 Å². The molecule has 3 aromatic rings. The van der Waals surface area contributed by atoms with Crippen molar-refractivity contribution in [3.8, 4) is 16.9 Å². The van der Waals surface area contributed by atoms with Crippen molar-refractivity contribution in [2.45, 2.75) is 43.9 Å². The van der Waals surface area contributed by atoms with Crippen LogP contribution in [0.15, 0.2) is 42.5 Å². The first-order chi connectivity index (χ1) is 14.0. The lowest BCUT2D eigenvalue weighted by atomic mass is 9.48. The summed E-state index contributed by atoms with van der Waals surface area (Å²) in [6.07, 6.45) is 7.80. The predicted octanol–water partition coefficient (Wildman–Crippen LogP) is 5.71. The molecule has 148 valence electrons. The van der Waals surface area contributed by atoms with Crippen LogP contribution in [0.3, 0.4) is 0 Å². The van der Waals surface area contributed by atoms with Gasteiger partial charge < -0.3 is 15.2 Å². The van der Waals surface area contributed by atoms with Crippen molar-refractivity contribution in [3.63, 3.8) is 0 Å². The zero-order valence-electron chi connectivity index (χ0n) is 16.3. The molecule has 4 fully saturated rings. The Kier molecular flexibility index (Phi) is 3.48. The number of carboxylic acid groups (broad SMARTS) is 1. The van der Waals surface area contributed by atoms with Gasteiger partial charge in [-0.05, 0) is 97.1 Å². The summed E-state index contributed by atoms with van der Waals surface area (Å²) in [5.74, 6) is 1.97. The standard InChI is InChI=1S/C25H25NO3/c27-23-4-3-17(18-1-2-19-10-22(24(28)29)26-21(19)9-18)8-20(23)25-11-14-5-15(12-25)7-16(6-14)13-25/h1-4,8-10,14-16,26-27H,5-7,11-13H2,(H,28,29). The number of aromatic amines is 1. The second-order valence-electron chi connectivity index (χ2n) is 9.72. The van der Waals surface area contributed by atoms with E-state index in [0.29, 0.717) is 5.75 Å². The van der Waals surface area contributed by atoms with Crippen molar-refractivity contribution in [2.24, 2.45) is 17.8 Å². The third-order valence-corrected chi connectivity index (χ3v) is 7.79. The van der Waals surface area contributed by atoms with Crippen LogP contribution < -0.4 is 0 Å². The van der Waals surface area contributed by atoms with Crippen molar-refractivity contribution in [3.05, 3.63) is 53.7 Å². The zero-order valence-corrected chi connectivity index (χ0v) is 16.3. The van der Waals surface area contributed by atoms with Gasteiger partial charge in [-0.1, -0.05) is 18.2 Å². The first kappa shape index (κ1) is 17.1. The second-order valence-corrected chi connectivity index (χ2v) is 9.72. The Morgan fingerprint density at radius 2 is 1.52 bits per heavy atom. The minimum absolute atomic E-state index is 0.141. The second kappa shape index (κ2) is 5.88. The highest BCUT2D eigenvalue weighted by molar-refractivity contribution is 5.95. The average Bonchev–Trinajstić information content (AvgIpc) is 3.11. The molecule has 4 bridgehead atoms. The summed E-state index contributed by atoms with van der Waals surface area (Å²) in [4.78, 5) is 14.2. The molecule has 1 aromatic heterocycles. The van der Waals surface area contributed by atoms with Crippen LogP contribution in [0.5, 0.6) is 5.75 Å². The number of benzene rings is 2. The lowest BCUT2D eigenvalue weighted by molar-refractivity contribution is -0.00611. The lowest BCUT2D eigenvalue weighted by Crippen LogP contribution is -2.48. The molecule has 4 heteroatoms. The third kappa shape index (κ3) is 2.61. The smallest absolute Gasteiger partial charge is 0.352 e. The number of aromatic hydroxyl groups is 1. The zero-order chi connectivity index (χ0) is 19.8. The minimum atomic E-state index is -0.948. The van der Waals surface area contributed by atoms with Crippen molar-refractivity contribution < 1.29 is 15.0 Å². The van der Waals surface area contributed by atoms with Crippen LogP contribution in [0, 0.1) is 17.8 Å². The van der Waals surface area contributed by atoms with E-state index < -0.39 is 5.97 Å². The molecule has 7 rings (SSSR count). The lowest BCUT2D eigenvalue weighted by Gasteiger charge is -2.57. The molecule has 0 aliphatic heterocycles. The molecule has 3 N–H and O–H groups in total. The summed E-state index contributed by atoms with van der Waals surface area (Å²) in [6.45, 7) is 0. The molecule has 0 spiro atoms. The molecule has 2 aromatic carbocycles. The third-order valence-electron chi connectivity index (χ3n) is 7.79. The molecule has 4 nitrogen and oxygen atoms in total. The van der Waals surface area contributed by atoms with E-state index in [1.165, 1.54) is 38.5 Å². The van der Waals surface area contributed by atoms with Gasteiger partial charge in [0.1, 0.15) is 11.4 Å². The van der Waals surface area contributed by atoms with Crippen LogP contribution in [0.25, 0.3) is 22.0 Å². The fourth-order valence-electron chi connectivity index (χ4n) is 7.00. The van der Waals surface area contributed by atoms with Crippen LogP contribution in [0.4, 0.5) is 0 Å². The number of hydrogen-bond donors (Lipinski definition) is 3. The number of hydrogen-bond acceptors (Lipinski definition) is 2. The molecular weight excluding hydrogens is 362 g/mol. The molecule has 0 saturated heterocycles. The maximum absolute atomic E-state index is 11.3. The van der Waals surface area contributed by atoms with Gasteiger partial charge in [0, 0.05) is 16.5 Å². The number of fused-ring (bicyclic) bond motifs is 1.